The van der Waals surface area contributed by atoms with E-state index >= 15 is 0 Å². The highest BCUT2D eigenvalue weighted by Gasteiger charge is 2.18. The third-order valence-corrected chi connectivity index (χ3v) is 2.69. The van der Waals surface area contributed by atoms with Crippen molar-refractivity contribution in [3.63, 3.8) is 0 Å². The molecule has 0 aliphatic carbocycles. The minimum absolute atomic E-state index is 0.288. The summed E-state index contributed by atoms with van der Waals surface area (Å²) in [7, 11) is 0. The maximum absolute atomic E-state index is 6.14. The number of nitrogens with two attached hydrogens (primary N) is 1. The summed E-state index contributed by atoms with van der Waals surface area (Å²) in [5.74, 6) is 0. The average Bonchev–Trinajstić information content (AvgIpc) is 2.18. The first-order valence-corrected chi connectivity index (χ1v) is 5.94. The monoisotopic (exact) mass is 271 g/mol. The van der Waals surface area contributed by atoms with Gasteiger partial charge in [0.25, 0.3) is 0 Å². The Kier molecular flexibility index (Phi) is 4.77. The van der Waals surface area contributed by atoms with Crippen LogP contribution in [0.25, 0.3) is 0 Å². The maximum Gasteiger partial charge on any atom is 0.0646 e. The molecule has 2 nitrogen and oxygen atoms in total. The molecule has 1 rings (SSSR count). The van der Waals surface area contributed by atoms with Gasteiger partial charge in [-0.2, -0.15) is 0 Å². The smallest absolute Gasteiger partial charge is 0.0646 e. The van der Waals surface area contributed by atoms with E-state index in [1.165, 1.54) is 5.56 Å². The van der Waals surface area contributed by atoms with Crippen LogP contribution < -0.4 is 5.73 Å². The minimum atomic E-state index is -0.288. The Morgan fingerprint density at radius 2 is 1.93 bits per heavy atom. The Balaban J connectivity index is 2.56. The molecule has 1 unspecified atom stereocenters. The van der Waals surface area contributed by atoms with Gasteiger partial charge in [0.1, 0.15) is 0 Å². The number of halogens is 1. The molecule has 2 N–H and O–H groups in total. The topological polar surface area (TPSA) is 35.2 Å². The van der Waals surface area contributed by atoms with Crippen LogP contribution in [0.3, 0.4) is 0 Å². The molecule has 1 aromatic carbocycles. The lowest BCUT2D eigenvalue weighted by Gasteiger charge is -2.24. The number of rotatable bonds is 5. The predicted molar refractivity (Wildman–Crippen MR) is 66.9 cm³/mol. The summed E-state index contributed by atoms with van der Waals surface area (Å²) >= 11 is 3.41. The fourth-order valence-corrected chi connectivity index (χ4v) is 1.72. The molecule has 0 bridgehead atoms. The van der Waals surface area contributed by atoms with Crippen molar-refractivity contribution in [2.24, 2.45) is 5.73 Å². The highest BCUT2D eigenvalue weighted by atomic mass is 79.9. The summed E-state index contributed by atoms with van der Waals surface area (Å²) < 4.78 is 6.45. The van der Waals surface area contributed by atoms with E-state index in [0.717, 1.165) is 10.9 Å². The van der Waals surface area contributed by atoms with Gasteiger partial charge in [-0.1, -0.05) is 28.1 Å². The molecule has 0 spiro atoms. The molecular weight excluding hydrogens is 254 g/mol. The molecular formula is C12H18BrNO. The molecule has 1 aromatic rings. The largest absolute Gasteiger partial charge is 0.380 e. The first-order valence-electron chi connectivity index (χ1n) is 5.14. The highest BCUT2D eigenvalue weighted by Crippen LogP contribution is 2.15. The van der Waals surface area contributed by atoms with Gasteiger partial charge in [0, 0.05) is 16.6 Å². The molecule has 0 fully saturated rings. The summed E-state index contributed by atoms with van der Waals surface area (Å²) in [5, 5.41) is 0. The van der Waals surface area contributed by atoms with Crippen LogP contribution in [-0.4, -0.2) is 18.8 Å². The second-order valence-corrected chi connectivity index (χ2v) is 5.01. The molecule has 15 heavy (non-hydrogen) atoms. The number of hydrogen-bond acceptors (Lipinski definition) is 2. The van der Waals surface area contributed by atoms with Crippen LogP contribution in [0, 0.1) is 0 Å². The molecule has 0 aromatic heterocycles. The predicted octanol–water partition coefficient (Wildman–Crippen LogP) is 2.75. The molecule has 0 heterocycles. The fraction of sp³-hybridized carbons (Fsp3) is 0.500. The Hall–Kier alpha value is -0.380. The molecule has 0 aliphatic heterocycles. The molecule has 0 aliphatic rings. The van der Waals surface area contributed by atoms with Crippen molar-refractivity contribution in [2.45, 2.75) is 25.8 Å². The molecule has 0 amide bonds. The van der Waals surface area contributed by atoms with Crippen molar-refractivity contribution in [2.75, 3.05) is 13.2 Å². The molecule has 1 atom stereocenters. The van der Waals surface area contributed by atoms with Gasteiger partial charge in [-0.25, -0.2) is 0 Å². The van der Waals surface area contributed by atoms with Crippen molar-refractivity contribution < 1.29 is 4.74 Å². The van der Waals surface area contributed by atoms with Crippen molar-refractivity contribution >= 4 is 15.9 Å². The molecule has 3 heteroatoms. The molecule has 0 saturated carbocycles. The second-order valence-electron chi connectivity index (χ2n) is 4.09. The number of hydrogen-bond donors (Lipinski definition) is 1. The van der Waals surface area contributed by atoms with E-state index in [0.29, 0.717) is 13.2 Å². The molecule has 0 saturated heterocycles. The van der Waals surface area contributed by atoms with Crippen LogP contribution >= 0.6 is 15.9 Å². The first kappa shape index (κ1) is 12.7. The van der Waals surface area contributed by atoms with Crippen molar-refractivity contribution in [1.82, 2.24) is 0 Å². The highest BCUT2D eigenvalue weighted by molar-refractivity contribution is 9.10. The average molecular weight is 272 g/mol. The summed E-state index contributed by atoms with van der Waals surface area (Å²) in [5.41, 5.74) is 7.09. The van der Waals surface area contributed by atoms with Crippen LogP contribution in [0.5, 0.6) is 0 Å². The summed E-state index contributed by atoms with van der Waals surface area (Å²) in [6.07, 6.45) is 0.834. The third kappa shape index (κ3) is 4.78. The second kappa shape index (κ2) is 5.64. The van der Waals surface area contributed by atoms with Gasteiger partial charge < -0.3 is 10.5 Å². The standard InChI is InChI=1S/C12H18BrNO/c1-3-15-9-12(2,14)8-10-4-6-11(13)7-5-10/h4-7H,3,8-9,14H2,1-2H3. The van der Waals surface area contributed by atoms with E-state index in [1.807, 2.05) is 26.0 Å². The van der Waals surface area contributed by atoms with Gasteiger partial charge in [-0.15, -0.1) is 0 Å². The van der Waals surface area contributed by atoms with Crippen molar-refractivity contribution in [3.05, 3.63) is 34.3 Å². The molecule has 84 valence electrons. The Labute approximate surface area is 99.9 Å². The van der Waals surface area contributed by atoms with Crippen molar-refractivity contribution in [3.8, 4) is 0 Å². The summed E-state index contributed by atoms with van der Waals surface area (Å²) in [6.45, 7) is 5.31. The third-order valence-electron chi connectivity index (χ3n) is 2.16. The lowest BCUT2D eigenvalue weighted by atomic mass is 9.95. The van der Waals surface area contributed by atoms with Gasteiger partial charge >= 0.3 is 0 Å². The maximum atomic E-state index is 6.14. The van der Waals surface area contributed by atoms with E-state index in [1.54, 1.807) is 0 Å². The van der Waals surface area contributed by atoms with Crippen molar-refractivity contribution in [1.29, 1.82) is 0 Å². The Morgan fingerprint density at radius 1 is 1.33 bits per heavy atom. The summed E-state index contributed by atoms with van der Waals surface area (Å²) in [6, 6.07) is 8.24. The van der Waals surface area contributed by atoms with Crippen LogP contribution in [-0.2, 0) is 11.2 Å². The summed E-state index contributed by atoms with van der Waals surface area (Å²) in [4.78, 5) is 0. The fourth-order valence-electron chi connectivity index (χ4n) is 1.45. The Morgan fingerprint density at radius 3 is 2.47 bits per heavy atom. The lowest BCUT2D eigenvalue weighted by molar-refractivity contribution is 0.101. The van der Waals surface area contributed by atoms with Crippen LogP contribution in [0.15, 0.2) is 28.7 Å². The number of ether oxygens (including phenoxy) is 1. The van der Waals surface area contributed by atoms with E-state index in [9.17, 15) is 0 Å². The number of benzene rings is 1. The van der Waals surface area contributed by atoms with Gasteiger partial charge in [-0.05, 0) is 38.0 Å². The first-order chi connectivity index (χ1) is 7.03. The zero-order valence-corrected chi connectivity index (χ0v) is 10.9. The van der Waals surface area contributed by atoms with Gasteiger partial charge in [0.15, 0.2) is 0 Å². The van der Waals surface area contributed by atoms with Gasteiger partial charge in [-0.3, -0.25) is 0 Å². The van der Waals surface area contributed by atoms with E-state index < -0.39 is 0 Å². The minimum Gasteiger partial charge on any atom is -0.380 e. The van der Waals surface area contributed by atoms with Crippen LogP contribution in [0.2, 0.25) is 0 Å². The quantitative estimate of drug-likeness (QED) is 0.894. The van der Waals surface area contributed by atoms with E-state index in [4.69, 9.17) is 10.5 Å². The van der Waals surface area contributed by atoms with E-state index in [-0.39, 0.29) is 5.54 Å². The SMILES string of the molecule is CCOCC(C)(N)Cc1ccc(Br)cc1. The lowest BCUT2D eigenvalue weighted by Crippen LogP contribution is -2.43. The zero-order valence-electron chi connectivity index (χ0n) is 9.29. The van der Waals surface area contributed by atoms with Gasteiger partial charge in [0.2, 0.25) is 0 Å². The van der Waals surface area contributed by atoms with Crippen LogP contribution in [0.4, 0.5) is 0 Å². The van der Waals surface area contributed by atoms with Crippen LogP contribution in [0.1, 0.15) is 19.4 Å². The Bertz CT molecular complexity index is 295. The van der Waals surface area contributed by atoms with Gasteiger partial charge in [0.05, 0.1) is 6.61 Å². The molecule has 0 radical (unpaired) electrons. The zero-order chi connectivity index (χ0) is 11.3. The van der Waals surface area contributed by atoms with E-state index in [2.05, 4.69) is 28.1 Å². The normalized spacial score (nSPS) is 14.9.